The Morgan fingerprint density at radius 1 is 1.40 bits per heavy atom. The van der Waals surface area contributed by atoms with Gasteiger partial charge in [-0.2, -0.15) is 5.10 Å². The normalized spacial score (nSPS) is 16.2. The SMILES string of the molecule is CCC(C)n1ncc2c(C(=O)N3CC(n4ccnn4)C3)cc(C)nc21. The van der Waals surface area contributed by atoms with Gasteiger partial charge in [0, 0.05) is 25.0 Å². The Labute approximate surface area is 145 Å². The molecule has 3 aromatic heterocycles. The Morgan fingerprint density at radius 3 is 2.88 bits per heavy atom. The first-order valence-electron chi connectivity index (χ1n) is 8.58. The molecule has 130 valence electrons. The molecule has 4 rings (SSSR count). The largest absolute Gasteiger partial charge is 0.334 e. The zero-order chi connectivity index (χ0) is 17.6. The molecule has 1 aliphatic rings. The standard InChI is InChI=1S/C17H21N7O/c1-4-12(3)24-16-15(8-19-24)14(7-11(2)20-16)17(25)22-9-13(10-22)23-6-5-18-21-23/h5-8,12-13H,4,9-10H2,1-3H3. The number of carbonyl (C=O) groups is 1. The van der Waals surface area contributed by atoms with E-state index in [1.807, 2.05) is 28.8 Å². The minimum atomic E-state index is 0.0237. The number of likely N-dealkylation sites (tertiary alicyclic amines) is 1. The highest BCUT2D eigenvalue weighted by Crippen LogP contribution is 2.27. The van der Waals surface area contributed by atoms with E-state index in [0.717, 1.165) is 23.1 Å². The Hall–Kier alpha value is -2.77. The average molecular weight is 339 g/mol. The van der Waals surface area contributed by atoms with E-state index in [1.165, 1.54) is 0 Å². The lowest BCUT2D eigenvalue weighted by molar-refractivity contribution is 0.0500. The molecular formula is C17H21N7O. The van der Waals surface area contributed by atoms with E-state index in [-0.39, 0.29) is 18.0 Å². The molecule has 0 bridgehead atoms. The number of hydrogen-bond donors (Lipinski definition) is 0. The third kappa shape index (κ3) is 2.57. The first-order chi connectivity index (χ1) is 12.1. The molecule has 4 heterocycles. The van der Waals surface area contributed by atoms with E-state index < -0.39 is 0 Å². The summed E-state index contributed by atoms with van der Waals surface area (Å²) in [5.41, 5.74) is 2.29. The summed E-state index contributed by atoms with van der Waals surface area (Å²) in [6, 6.07) is 2.30. The molecule has 1 unspecified atom stereocenters. The smallest absolute Gasteiger partial charge is 0.254 e. The van der Waals surface area contributed by atoms with E-state index in [1.54, 1.807) is 17.1 Å². The fraction of sp³-hybridized carbons (Fsp3) is 0.471. The zero-order valence-corrected chi connectivity index (χ0v) is 14.6. The molecule has 25 heavy (non-hydrogen) atoms. The van der Waals surface area contributed by atoms with Gasteiger partial charge in [0.2, 0.25) is 0 Å². The second-order valence-electron chi connectivity index (χ2n) is 6.64. The van der Waals surface area contributed by atoms with E-state index in [4.69, 9.17) is 0 Å². The lowest BCUT2D eigenvalue weighted by atomic mass is 10.0. The molecule has 0 N–H and O–H groups in total. The minimum Gasteiger partial charge on any atom is -0.334 e. The van der Waals surface area contributed by atoms with Gasteiger partial charge in [-0.1, -0.05) is 12.1 Å². The summed E-state index contributed by atoms with van der Waals surface area (Å²) in [6.07, 6.45) is 6.21. The van der Waals surface area contributed by atoms with Crippen molar-refractivity contribution in [3.63, 3.8) is 0 Å². The number of rotatable bonds is 4. The molecule has 8 heteroatoms. The molecular weight excluding hydrogens is 318 g/mol. The van der Waals surface area contributed by atoms with Crippen molar-refractivity contribution in [2.45, 2.75) is 39.3 Å². The first-order valence-corrected chi connectivity index (χ1v) is 8.58. The Balaban J connectivity index is 1.63. The number of hydrogen-bond acceptors (Lipinski definition) is 5. The van der Waals surface area contributed by atoms with Gasteiger partial charge in [0.25, 0.3) is 5.91 Å². The summed E-state index contributed by atoms with van der Waals surface area (Å²) in [7, 11) is 0. The van der Waals surface area contributed by atoms with Gasteiger partial charge in [0.1, 0.15) is 0 Å². The summed E-state index contributed by atoms with van der Waals surface area (Å²) in [4.78, 5) is 19.4. The molecule has 0 spiro atoms. The third-order valence-corrected chi connectivity index (χ3v) is 4.90. The molecule has 8 nitrogen and oxygen atoms in total. The van der Waals surface area contributed by atoms with Crippen molar-refractivity contribution in [1.82, 2.24) is 34.7 Å². The first kappa shape index (κ1) is 15.7. The predicted molar refractivity (Wildman–Crippen MR) is 92.2 cm³/mol. The fourth-order valence-corrected chi connectivity index (χ4v) is 3.19. The highest BCUT2D eigenvalue weighted by atomic mass is 16.2. The second-order valence-corrected chi connectivity index (χ2v) is 6.64. The highest BCUT2D eigenvalue weighted by molar-refractivity contribution is 6.05. The van der Waals surface area contributed by atoms with Crippen LogP contribution in [0.4, 0.5) is 0 Å². The van der Waals surface area contributed by atoms with Crippen LogP contribution in [0.3, 0.4) is 0 Å². The molecule has 3 aromatic rings. The summed E-state index contributed by atoms with van der Waals surface area (Å²) in [6.45, 7) is 7.42. The number of aryl methyl sites for hydroxylation is 1. The molecule has 1 fully saturated rings. The summed E-state index contributed by atoms with van der Waals surface area (Å²) in [5, 5.41) is 13.1. The maximum Gasteiger partial charge on any atom is 0.254 e. The lowest BCUT2D eigenvalue weighted by Crippen LogP contribution is -2.51. The third-order valence-electron chi connectivity index (χ3n) is 4.90. The van der Waals surface area contributed by atoms with Gasteiger partial charge in [-0.3, -0.25) is 4.79 Å². The molecule has 0 radical (unpaired) electrons. The molecule has 0 aromatic carbocycles. The van der Waals surface area contributed by atoms with Crippen LogP contribution in [0.1, 0.15) is 48.4 Å². The van der Waals surface area contributed by atoms with Crippen LogP contribution in [0, 0.1) is 6.92 Å². The predicted octanol–water partition coefficient (Wildman–Crippen LogP) is 2.00. The number of pyridine rings is 1. The monoisotopic (exact) mass is 339 g/mol. The van der Waals surface area contributed by atoms with E-state index in [0.29, 0.717) is 18.7 Å². The molecule has 1 aliphatic heterocycles. The number of fused-ring (bicyclic) bond motifs is 1. The van der Waals surface area contributed by atoms with E-state index in [9.17, 15) is 4.79 Å². The quantitative estimate of drug-likeness (QED) is 0.726. The molecule has 0 saturated carbocycles. The number of amides is 1. The summed E-state index contributed by atoms with van der Waals surface area (Å²) in [5.74, 6) is 0.0237. The van der Waals surface area contributed by atoms with Crippen molar-refractivity contribution < 1.29 is 4.79 Å². The van der Waals surface area contributed by atoms with E-state index >= 15 is 0 Å². The summed E-state index contributed by atoms with van der Waals surface area (Å²) >= 11 is 0. The number of aromatic nitrogens is 6. The number of carbonyl (C=O) groups excluding carboxylic acids is 1. The van der Waals surface area contributed by atoms with Gasteiger partial charge < -0.3 is 4.90 Å². The van der Waals surface area contributed by atoms with Gasteiger partial charge in [-0.05, 0) is 26.3 Å². The maximum atomic E-state index is 13.0. The van der Waals surface area contributed by atoms with Gasteiger partial charge in [0.05, 0.1) is 35.4 Å². The van der Waals surface area contributed by atoms with Crippen molar-refractivity contribution in [3.8, 4) is 0 Å². The Morgan fingerprint density at radius 2 is 2.20 bits per heavy atom. The van der Waals surface area contributed by atoms with Crippen LogP contribution in [0.15, 0.2) is 24.7 Å². The second kappa shape index (κ2) is 5.94. The van der Waals surface area contributed by atoms with Crippen molar-refractivity contribution in [3.05, 3.63) is 35.9 Å². The van der Waals surface area contributed by atoms with Crippen LogP contribution in [-0.4, -0.2) is 53.7 Å². The van der Waals surface area contributed by atoms with Crippen molar-refractivity contribution in [1.29, 1.82) is 0 Å². The van der Waals surface area contributed by atoms with Gasteiger partial charge in [-0.25, -0.2) is 14.3 Å². The van der Waals surface area contributed by atoms with Crippen LogP contribution in [0.2, 0.25) is 0 Å². The van der Waals surface area contributed by atoms with Crippen LogP contribution < -0.4 is 0 Å². The molecule has 1 amide bonds. The van der Waals surface area contributed by atoms with Gasteiger partial charge in [-0.15, -0.1) is 5.10 Å². The molecule has 1 saturated heterocycles. The van der Waals surface area contributed by atoms with Crippen LogP contribution in [-0.2, 0) is 0 Å². The van der Waals surface area contributed by atoms with Crippen molar-refractivity contribution in [2.24, 2.45) is 0 Å². The average Bonchev–Trinajstić information content (AvgIpc) is 3.21. The lowest BCUT2D eigenvalue weighted by Gasteiger charge is -2.39. The van der Waals surface area contributed by atoms with Crippen molar-refractivity contribution >= 4 is 16.9 Å². The fourth-order valence-electron chi connectivity index (χ4n) is 3.19. The van der Waals surface area contributed by atoms with Crippen LogP contribution in [0.5, 0.6) is 0 Å². The maximum absolute atomic E-state index is 13.0. The van der Waals surface area contributed by atoms with Gasteiger partial charge >= 0.3 is 0 Å². The molecule has 0 aliphatic carbocycles. The highest BCUT2D eigenvalue weighted by Gasteiger charge is 2.34. The summed E-state index contributed by atoms with van der Waals surface area (Å²) < 4.78 is 3.71. The minimum absolute atomic E-state index is 0.0237. The number of nitrogens with zero attached hydrogens (tertiary/aromatic N) is 7. The van der Waals surface area contributed by atoms with Gasteiger partial charge in [0.15, 0.2) is 5.65 Å². The Bertz CT molecular complexity index is 909. The van der Waals surface area contributed by atoms with Crippen LogP contribution in [0.25, 0.3) is 11.0 Å². The zero-order valence-electron chi connectivity index (χ0n) is 14.6. The molecule has 1 atom stereocenters. The topological polar surface area (TPSA) is 81.7 Å². The van der Waals surface area contributed by atoms with E-state index in [2.05, 4.69) is 34.2 Å². The Kier molecular flexibility index (Phi) is 3.74. The van der Waals surface area contributed by atoms with Crippen LogP contribution >= 0.6 is 0 Å². The van der Waals surface area contributed by atoms with Crippen molar-refractivity contribution in [2.75, 3.05) is 13.1 Å².